The highest BCUT2D eigenvalue weighted by atomic mass is 32.2. The molecule has 0 amide bonds. The lowest BCUT2D eigenvalue weighted by molar-refractivity contribution is -0.0659. The van der Waals surface area contributed by atoms with Gasteiger partial charge in [0.15, 0.2) is 0 Å². The fourth-order valence-corrected chi connectivity index (χ4v) is 3.85. The summed E-state index contributed by atoms with van der Waals surface area (Å²) in [5, 5.41) is 0. The standard InChI is InChI=1S/C14H20N2O3S2/c1-19-14(7-4-8-14)10-16-21(17,18)9-11-5-2-3-6-12(11)13(15)20/h2-3,5-6,16H,4,7-10H2,1H3,(H2,15,20). The largest absolute Gasteiger partial charge is 0.389 e. The summed E-state index contributed by atoms with van der Waals surface area (Å²) in [6.45, 7) is 0.307. The molecule has 1 aromatic rings. The zero-order valence-corrected chi connectivity index (χ0v) is 13.6. The van der Waals surface area contributed by atoms with Crippen LogP contribution in [0.2, 0.25) is 0 Å². The second-order valence-corrected chi connectivity index (χ2v) is 7.59. The van der Waals surface area contributed by atoms with Crippen molar-refractivity contribution in [1.29, 1.82) is 0 Å². The molecule has 0 atom stereocenters. The monoisotopic (exact) mass is 328 g/mol. The summed E-state index contributed by atoms with van der Waals surface area (Å²) < 4.78 is 32.5. The summed E-state index contributed by atoms with van der Waals surface area (Å²) >= 11 is 4.95. The van der Waals surface area contributed by atoms with Crippen molar-refractivity contribution in [3.8, 4) is 0 Å². The van der Waals surface area contributed by atoms with Gasteiger partial charge in [-0.05, 0) is 24.8 Å². The van der Waals surface area contributed by atoms with Crippen molar-refractivity contribution in [1.82, 2.24) is 4.72 Å². The number of benzene rings is 1. The second-order valence-electron chi connectivity index (χ2n) is 5.34. The summed E-state index contributed by atoms with van der Waals surface area (Å²) in [7, 11) is -1.83. The van der Waals surface area contributed by atoms with Crippen molar-refractivity contribution in [2.24, 2.45) is 5.73 Å². The van der Waals surface area contributed by atoms with E-state index in [0.717, 1.165) is 19.3 Å². The fourth-order valence-electron chi connectivity index (χ4n) is 2.41. The molecule has 0 aliphatic heterocycles. The third-order valence-electron chi connectivity index (χ3n) is 3.94. The van der Waals surface area contributed by atoms with Gasteiger partial charge in [-0.25, -0.2) is 13.1 Å². The molecule has 21 heavy (non-hydrogen) atoms. The van der Waals surface area contributed by atoms with E-state index in [2.05, 4.69) is 4.72 Å². The van der Waals surface area contributed by atoms with Gasteiger partial charge >= 0.3 is 0 Å². The average molecular weight is 328 g/mol. The molecule has 1 saturated carbocycles. The van der Waals surface area contributed by atoms with Crippen molar-refractivity contribution in [3.05, 3.63) is 35.4 Å². The minimum Gasteiger partial charge on any atom is -0.389 e. The summed E-state index contributed by atoms with van der Waals surface area (Å²) in [5.74, 6) is -0.139. The third kappa shape index (κ3) is 4.00. The first-order valence-electron chi connectivity index (χ1n) is 6.78. The maximum atomic E-state index is 12.2. The second kappa shape index (κ2) is 6.39. The van der Waals surface area contributed by atoms with Gasteiger partial charge in [0.2, 0.25) is 10.0 Å². The normalized spacial score (nSPS) is 17.2. The van der Waals surface area contributed by atoms with Crippen LogP contribution < -0.4 is 10.5 Å². The maximum absolute atomic E-state index is 12.2. The van der Waals surface area contributed by atoms with Gasteiger partial charge in [-0.2, -0.15) is 0 Å². The number of rotatable bonds is 7. The number of hydrogen-bond acceptors (Lipinski definition) is 4. The molecule has 0 aromatic heterocycles. The molecule has 3 N–H and O–H groups in total. The number of hydrogen-bond donors (Lipinski definition) is 2. The summed E-state index contributed by atoms with van der Waals surface area (Å²) in [6.07, 6.45) is 2.84. The van der Waals surface area contributed by atoms with E-state index in [4.69, 9.17) is 22.7 Å². The van der Waals surface area contributed by atoms with E-state index >= 15 is 0 Å². The van der Waals surface area contributed by atoms with Crippen LogP contribution in [0.15, 0.2) is 24.3 Å². The fraction of sp³-hybridized carbons (Fsp3) is 0.500. The number of thiocarbonyl (C=S) groups is 1. The van der Waals surface area contributed by atoms with E-state index in [1.807, 2.05) is 0 Å². The van der Waals surface area contributed by atoms with Crippen LogP contribution in [0.3, 0.4) is 0 Å². The molecule has 0 unspecified atom stereocenters. The lowest BCUT2D eigenvalue weighted by atomic mass is 9.80. The van der Waals surface area contributed by atoms with Crippen LogP contribution in [0.1, 0.15) is 30.4 Å². The molecular weight excluding hydrogens is 308 g/mol. The molecule has 0 saturated heterocycles. The Bertz CT molecular complexity index is 619. The van der Waals surface area contributed by atoms with Gasteiger partial charge in [-0.15, -0.1) is 0 Å². The highest BCUT2D eigenvalue weighted by molar-refractivity contribution is 7.88. The number of nitrogens with two attached hydrogens (primary N) is 1. The highest BCUT2D eigenvalue weighted by Gasteiger charge is 2.37. The topological polar surface area (TPSA) is 81.4 Å². The molecule has 116 valence electrons. The first-order valence-corrected chi connectivity index (χ1v) is 8.84. The van der Waals surface area contributed by atoms with Crippen LogP contribution >= 0.6 is 12.2 Å². The van der Waals surface area contributed by atoms with Crippen molar-refractivity contribution >= 4 is 27.2 Å². The van der Waals surface area contributed by atoms with Crippen LogP contribution in [0, 0.1) is 0 Å². The van der Waals surface area contributed by atoms with Crippen molar-refractivity contribution in [3.63, 3.8) is 0 Å². The highest BCUT2D eigenvalue weighted by Crippen LogP contribution is 2.34. The summed E-state index contributed by atoms with van der Waals surface area (Å²) in [4.78, 5) is 0.202. The quantitative estimate of drug-likeness (QED) is 0.738. The van der Waals surface area contributed by atoms with Crippen LogP contribution in [-0.2, 0) is 20.5 Å². The van der Waals surface area contributed by atoms with Crippen LogP contribution in [0.4, 0.5) is 0 Å². The predicted molar refractivity (Wildman–Crippen MR) is 86.5 cm³/mol. The molecule has 0 radical (unpaired) electrons. The molecule has 2 rings (SSSR count). The van der Waals surface area contributed by atoms with Crippen molar-refractivity contribution in [2.75, 3.05) is 13.7 Å². The van der Waals surface area contributed by atoms with Gasteiger partial charge in [-0.1, -0.05) is 36.5 Å². The molecule has 7 heteroatoms. The zero-order chi connectivity index (χ0) is 15.5. The lowest BCUT2D eigenvalue weighted by Crippen LogP contribution is -2.49. The van der Waals surface area contributed by atoms with Gasteiger partial charge in [0.25, 0.3) is 0 Å². The Hall–Kier alpha value is -1.02. The Balaban J connectivity index is 2.06. The molecule has 1 aliphatic carbocycles. The molecular formula is C14H20N2O3S2. The molecule has 0 bridgehead atoms. The first kappa shape index (κ1) is 16.4. The summed E-state index contributed by atoms with van der Waals surface area (Å²) in [6, 6.07) is 7.01. The van der Waals surface area contributed by atoms with E-state index < -0.39 is 10.0 Å². The Kier molecular flexibility index (Phi) is 4.98. The van der Waals surface area contributed by atoms with Crippen molar-refractivity contribution in [2.45, 2.75) is 30.6 Å². The van der Waals surface area contributed by atoms with Gasteiger partial charge in [0.1, 0.15) is 4.99 Å². The van der Waals surface area contributed by atoms with Crippen LogP contribution in [0.25, 0.3) is 0 Å². The van der Waals surface area contributed by atoms with E-state index in [1.165, 1.54) is 0 Å². The van der Waals surface area contributed by atoms with Gasteiger partial charge in [-0.3, -0.25) is 0 Å². The number of nitrogens with one attached hydrogen (secondary N) is 1. The van der Waals surface area contributed by atoms with E-state index in [1.54, 1.807) is 31.4 Å². The van der Waals surface area contributed by atoms with E-state index in [9.17, 15) is 8.42 Å². The average Bonchev–Trinajstić information content (AvgIpc) is 2.37. The summed E-state index contributed by atoms with van der Waals surface area (Å²) in [5.41, 5.74) is 6.50. The Morgan fingerprint density at radius 1 is 1.43 bits per heavy atom. The molecule has 0 heterocycles. The van der Waals surface area contributed by atoms with Gasteiger partial charge in [0, 0.05) is 19.2 Å². The Morgan fingerprint density at radius 3 is 2.62 bits per heavy atom. The molecule has 0 spiro atoms. The SMILES string of the molecule is COC1(CNS(=O)(=O)Cc2ccccc2C(N)=S)CCC1. The van der Waals surface area contributed by atoms with Crippen LogP contribution in [-0.4, -0.2) is 32.7 Å². The molecule has 1 aliphatic rings. The smallest absolute Gasteiger partial charge is 0.215 e. The first-order chi connectivity index (χ1) is 9.87. The third-order valence-corrected chi connectivity index (χ3v) is 5.44. The minimum absolute atomic E-state index is 0.139. The van der Waals surface area contributed by atoms with Gasteiger partial charge in [0.05, 0.1) is 11.4 Å². The Morgan fingerprint density at radius 2 is 2.10 bits per heavy atom. The van der Waals surface area contributed by atoms with Gasteiger partial charge < -0.3 is 10.5 Å². The molecule has 1 fully saturated rings. The maximum Gasteiger partial charge on any atom is 0.215 e. The Labute approximate surface area is 130 Å². The molecule has 1 aromatic carbocycles. The van der Waals surface area contributed by atoms with Crippen molar-refractivity contribution < 1.29 is 13.2 Å². The molecule has 5 nitrogen and oxygen atoms in total. The van der Waals surface area contributed by atoms with Crippen LogP contribution in [0.5, 0.6) is 0 Å². The zero-order valence-electron chi connectivity index (χ0n) is 12.0. The minimum atomic E-state index is -3.46. The van der Waals surface area contributed by atoms with E-state index in [-0.39, 0.29) is 16.3 Å². The number of sulfonamides is 1. The van der Waals surface area contributed by atoms with E-state index in [0.29, 0.717) is 17.7 Å². The predicted octanol–water partition coefficient (Wildman–Crippen LogP) is 1.31. The number of methoxy groups -OCH3 is 1. The number of ether oxygens (including phenoxy) is 1. The lowest BCUT2D eigenvalue weighted by Gasteiger charge is -2.40.